The summed E-state index contributed by atoms with van der Waals surface area (Å²) in [5.41, 5.74) is -0.993. The van der Waals surface area contributed by atoms with E-state index >= 15 is 0 Å². The number of rotatable bonds is 12. The third-order valence-corrected chi connectivity index (χ3v) is 5.01. The van der Waals surface area contributed by atoms with Crippen molar-refractivity contribution in [2.24, 2.45) is 0 Å². The number of ether oxygens (including phenoxy) is 3. The minimum absolute atomic E-state index is 0.0433. The van der Waals surface area contributed by atoms with Crippen LogP contribution in [0.5, 0.6) is 0 Å². The number of hydrogen-bond donors (Lipinski definition) is 1. The molecule has 0 aromatic rings. The summed E-state index contributed by atoms with van der Waals surface area (Å²) in [4.78, 5) is 24.6. The Hall–Kier alpha value is -1.23. The summed E-state index contributed by atoms with van der Waals surface area (Å²) in [5.74, 6) is -0.874. The Kier molecular flexibility index (Phi) is 8.07. The van der Waals surface area contributed by atoms with Gasteiger partial charge < -0.3 is 19.5 Å². The lowest BCUT2D eigenvalue weighted by atomic mass is 10.1. The van der Waals surface area contributed by atoms with Gasteiger partial charge in [0.1, 0.15) is 5.54 Å². The Morgan fingerprint density at radius 2 is 1.58 bits per heavy atom. The van der Waals surface area contributed by atoms with Gasteiger partial charge in [-0.05, 0) is 13.8 Å². The van der Waals surface area contributed by atoms with E-state index in [0.29, 0.717) is 26.4 Å². The molecule has 1 rings (SSSR count). The highest BCUT2D eigenvalue weighted by Gasteiger charge is 2.44. The molecule has 1 N–H and O–H groups in total. The molecule has 0 aromatic carbocycles. The minimum atomic E-state index is -3.41. The van der Waals surface area contributed by atoms with Gasteiger partial charge in [0.2, 0.25) is 0 Å². The second kappa shape index (κ2) is 9.30. The van der Waals surface area contributed by atoms with Crippen LogP contribution in [0.2, 0.25) is 0 Å². The maximum atomic E-state index is 12.0. The maximum absolute atomic E-state index is 12.0. The van der Waals surface area contributed by atoms with Crippen LogP contribution in [0.15, 0.2) is 0 Å². The molecule has 0 aliphatic carbocycles. The first-order valence-electron chi connectivity index (χ1n) is 7.68. The van der Waals surface area contributed by atoms with Crippen molar-refractivity contribution in [3.63, 3.8) is 0 Å². The van der Waals surface area contributed by atoms with Gasteiger partial charge in [0, 0.05) is 13.7 Å². The van der Waals surface area contributed by atoms with Crippen LogP contribution in [0, 0.1) is 0 Å². The molecule has 1 saturated heterocycles. The van der Waals surface area contributed by atoms with E-state index in [-0.39, 0.29) is 24.7 Å². The van der Waals surface area contributed by atoms with Crippen molar-refractivity contribution in [2.45, 2.75) is 19.4 Å². The van der Waals surface area contributed by atoms with Crippen LogP contribution in [-0.4, -0.2) is 89.0 Å². The molecule has 0 unspecified atom stereocenters. The van der Waals surface area contributed by atoms with Gasteiger partial charge in [0.15, 0.2) is 9.84 Å². The molecule has 10 heteroatoms. The van der Waals surface area contributed by atoms with Crippen LogP contribution in [0.25, 0.3) is 0 Å². The first kappa shape index (κ1) is 20.8. The van der Waals surface area contributed by atoms with Crippen molar-refractivity contribution in [3.05, 3.63) is 0 Å². The smallest absolute Gasteiger partial charge is 0.325 e. The molecule has 1 aliphatic rings. The number of nitrogens with one attached hydrogen (secondary N) is 1. The van der Waals surface area contributed by atoms with Gasteiger partial charge in [-0.2, -0.15) is 0 Å². The SMILES string of the molecule is COCCOCCOCCS(=O)(=O)CCN1C(=O)NC(C)(C)C1=O. The Morgan fingerprint density at radius 1 is 1.00 bits per heavy atom. The molecule has 0 saturated carbocycles. The van der Waals surface area contributed by atoms with E-state index in [0.717, 1.165) is 4.90 Å². The lowest BCUT2D eigenvalue weighted by Gasteiger charge is -2.16. The van der Waals surface area contributed by atoms with E-state index in [9.17, 15) is 18.0 Å². The minimum Gasteiger partial charge on any atom is -0.382 e. The molecule has 1 fully saturated rings. The van der Waals surface area contributed by atoms with Crippen LogP contribution >= 0.6 is 0 Å². The zero-order chi connectivity index (χ0) is 18.2. The second-order valence-electron chi connectivity index (χ2n) is 5.88. The maximum Gasteiger partial charge on any atom is 0.325 e. The van der Waals surface area contributed by atoms with Gasteiger partial charge in [0.05, 0.1) is 44.5 Å². The number of methoxy groups -OCH3 is 1. The average Bonchev–Trinajstić information content (AvgIpc) is 2.68. The molecule has 0 bridgehead atoms. The fourth-order valence-electron chi connectivity index (χ4n) is 2.00. The van der Waals surface area contributed by atoms with Crippen molar-refractivity contribution in [3.8, 4) is 0 Å². The van der Waals surface area contributed by atoms with Gasteiger partial charge in [-0.1, -0.05) is 0 Å². The molecule has 1 aliphatic heterocycles. The van der Waals surface area contributed by atoms with Crippen molar-refractivity contribution in [1.29, 1.82) is 0 Å². The largest absolute Gasteiger partial charge is 0.382 e. The van der Waals surface area contributed by atoms with E-state index < -0.39 is 27.3 Å². The molecular formula is C14H26N2O7S. The molecule has 0 atom stereocenters. The lowest BCUT2D eigenvalue weighted by Crippen LogP contribution is -2.41. The number of nitrogens with zero attached hydrogens (tertiary/aromatic N) is 1. The summed E-state index contributed by atoms with van der Waals surface area (Å²) in [5, 5.41) is 2.51. The first-order valence-corrected chi connectivity index (χ1v) is 9.51. The molecule has 1 heterocycles. The van der Waals surface area contributed by atoms with Crippen LogP contribution in [0.4, 0.5) is 4.79 Å². The van der Waals surface area contributed by atoms with Gasteiger partial charge >= 0.3 is 6.03 Å². The van der Waals surface area contributed by atoms with E-state index in [2.05, 4.69) is 5.32 Å². The predicted molar refractivity (Wildman–Crippen MR) is 86.5 cm³/mol. The quantitative estimate of drug-likeness (QED) is 0.363. The summed E-state index contributed by atoms with van der Waals surface area (Å²) in [6, 6.07) is -0.565. The van der Waals surface area contributed by atoms with Crippen LogP contribution in [0.1, 0.15) is 13.8 Å². The Morgan fingerprint density at radius 3 is 2.12 bits per heavy atom. The highest BCUT2D eigenvalue weighted by atomic mass is 32.2. The highest BCUT2D eigenvalue weighted by Crippen LogP contribution is 2.16. The van der Waals surface area contributed by atoms with E-state index in [1.54, 1.807) is 21.0 Å². The third kappa shape index (κ3) is 6.71. The molecule has 140 valence electrons. The molecule has 0 radical (unpaired) electrons. The molecule has 0 spiro atoms. The number of urea groups is 1. The standard InChI is InChI=1S/C14H26N2O7S/c1-14(2)12(17)16(13(18)15-14)4-10-24(19,20)11-9-23-8-7-22-6-5-21-3/h4-11H2,1-3H3,(H,15,18). The number of sulfone groups is 1. The number of carbonyl (C=O) groups excluding carboxylic acids is 2. The summed E-state index contributed by atoms with van der Waals surface area (Å²) < 4.78 is 39.1. The predicted octanol–water partition coefficient (Wildman–Crippen LogP) is -0.589. The zero-order valence-corrected chi connectivity index (χ0v) is 15.2. The van der Waals surface area contributed by atoms with Crippen molar-refractivity contribution in [2.75, 3.05) is 58.2 Å². The van der Waals surface area contributed by atoms with Crippen LogP contribution in [0.3, 0.4) is 0 Å². The Bertz CT molecular complexity index is 533. The fraction of sp³-hybridized carbons (Fsp3) is 0.857. The first-order chi connectivity index (χ1) is 11.2. The third-order valence-electron chi connectivity index (χ3n) is 3.41. The molecule has 9 nitrogen and oxygen atoms in total. The Balaban J connectivity index is 2.23. The van der Waals surface area contributed by atoms with Gasteiger partial charge in [-0.15, -0.1) is 0 Å². The summed E-state index contributed by atoms with van der Waals surface area (Å²) in [6.07, 6.45) is 0. The topological polar surface area (TPSA) is 111 Å². The fourth-order valence-corrected chi connectivity index (χ4v) is 3.04. The normalized spacial score (nSPS) is 17.4. The Labute approximate surface area is 142 Å². The van der Waals surface area contributed by atoms with Crippen molar-refractivity contribution in [1.82, 2.24) is 10.2 Å². The number of hydrogen-bond acceptors (Lipinski definition) is 7. The average molecular weight is 366 g/mol. The molecule has 3 amide bonds. The van der Waals surface area contributed by atoms with Gasteiger partial charge in [-0.25, -0.2) is 13.2 Å². The van der Waals surface area contributed by atoms with Gasteiger partial charge in [-0.3, -0.25) is 9.69 Å². The molecule has 24 heavy (non-hydrogen) atoms. The zero-order valence-electron chi connectivity index (χ0n) is 14.4. The summed E-state index contributed by atoms with van der Waals surface area (Å²) >= 11 is 0. The number of amides is 3. The number of carbonyl (C=O) groups is 2. The summed E-state index contributed by atoms with van der Waals surface area (Å²) in [7, 11) is -1.84. The molecular weight excluding hydrogens is 340 g/mol. The van der Waals surface area contributed by atoms with Gasteiger partial charge in [0.25, 0.3) is 5.91 Å². The van der Waals surface area contributed by atoms with E-state index in [1.807, 2.05) is 0 Å². The number of imide groups is 1. The molecule has 0 aromatic heterocycles. The monoisotopic (exact) mass is 366 g/mol. The van der Waals surface area contributed by atoms with Crippen molar-refractivity contribution >= 4 is 21.8 Å². The second-order valence-corrected chi connectivity index (χ2v) is 8.18. The van der Waals surface area contributed by atoms with Crippen LogP contribution < -0.4 is 5.32 Å². The van der Waals surface area contributed by atoms with Crippen LogP contribution in [-0.2, 0) is 28.8 Å². The highest BCUT2D eigenvalue weighted by molar-refractivity contribution is 7.91. The summed E-state index contributed by atoms with van der Waals surface area (Å²) in [6.45, 7) is 4.64. The van der Waals surface area contributed by atoms with Crippen molar-refractivity contribution < 1.29 is 32.2 Å². The lowest BCUT2D eigenvalue weighted by molar-refractivity contribution is -0.130. The van der Waals surface area contributed by atoms with E-state index in [4.69, 9.17) is 14.2 Å². The van der Waals surface area contributed by atoms with E-state index in [1.165, 1.54) is 0 Å².